The largest absolute Gasteiger partial charge is 0.494 e. The van der Waals surface area contributed by atoms with E-state index in [0.717, 1.165) is 5.52 Å². The molecule has 2 aromatic carbocycles. The number of ether oxygens (including phenoxy) is 1. The third-order valence-electron chi connectivity index (χ3n) is 3.38. The van der Waals surface area contributed by atoms with Gasteiger partial charge in [-0.05, 0) is 12.1 Å². The van der Waals surface area contributed by atoms with Crippen molar-refractivity contribution in [2.75, 3.05) is 12.4 Å². The van der Waals surface area contributed by atoms with Crippen molar-refractivity contribution in [1.29, 1.82) is 0 Å². The Morgan fingerprint density at radius 3 is 2.88 bits per heavy atom. The molecule has 0 aliphatic carbocycles. The number of aromatic nitrogens is 2. The van der Waals surface area contributed by atoms with Crippen LogP contribution < -0.4 is 10.1 Å². The van der Waals surface area contributed by atoms with Crippen LogP contribution in [0.5, 0.6) is 5.75 Å². The average Bonchev–Trinajstić information content (AvgIpc) is 3.16. The number of anilines is 2. The zero-order valence-electron chi connectivity index (χ0n) is 12.3. The summed E-state index contributed by atoms with van der Waals surface area (Å²) in [6, 6.07) is 10.5. The lowest BCUT2D eigenvalue weighted by molar-refractivity contribution is -0.384. The molecule has 2 aromatic heterocycles. The zero-order valence-corrected chi connectivity index (χ0v) is 13.2. The van der Waals surface area contributed by atoms with Crippen molar-refractivity contribution in [2.24, 2.45) is 0 Å². The summed E-state index contributed by atoms with van der Waals surface area (Å²) in [6.07, 6.45) is 0. The normalized spacial score (nSPS) is 11.0. The molecular weight excluding hydrogens is 332 g/mol. The second-order valence-corrected chi connectivity index (χ2v) is 5.91. The van der Waals surface area contributed by atoms with Crippen molar-refractivity contribution in [3.8, 4) is 5.75 Å². The minimum Gasteiger partial charge on any atom is -0.494 e. The monoisotopic (exact) mass is 342 g/mol. The number of para-hydroxylation sites is 2. The van der Waals surface area contributed by atoms with Gasteiger partial charge in [-0.25, -0.2) is 4.98 Å². The lowest BCUT2D eigenvalue weighted by Gasteiger charge is -1.99. The topological polar surface area (TPSA) is 103 Å². The highest BCUT2D eigenvalue weighted by molar-refractivity contribution is 7.22. The van der Waals surface area contributed by atoms with Crippen LogP contribution in [0.4, 0.5) is 16.8 Å². The van der Waals surface area contributed by atoms with Gasteiger partial charge in [0.1, 0.15) is 11.0 Å². The van der Waals surface area contributed by atoms with Crippen LogP contribution in [0.2, 0.25) is 0 Å². The summed E-state index contributed by atoms with van der Waals surface area (Å²) in [6.45, 7) is 0. The molecule has 9 heteroatoms. The summed E-state index contributed by atoms with van der Waals surface area (Å²) < 4.78 is 11.4. The van der Waals surface area contributed by atoms with E-state index < -0.39 is 4.92 Å². The van der Waals surface area contributed by atoms with Gasteiger partial charge in [0.15, 0.2) is 16.5 Å². The van der Waals surface area contributed by atoms with Crippen molar-refractivity contribution < 1.29 is 14.1 Å². The molecule has 0 saturated heterocycles. The standard InChI is InChI=1S/C15H10N4O4S/c1-22-11-6-8(19(20)21)7-12-13(11)17-15(24-12)18-14-16-9-4-2-3-5-10(9)23-14/h2-7H,1H3,(H,16,17,18). The Bertz CT molecular complexity index is 1040. The smallest absolute Gasteiger partial charge is 0.302 e. The Kier molecular flexibility index (Phi) is 3.28. The molecule has 0 aliphatic heterocycles. The minimum atomic E-state index is -0.463. The van der Waals surface area contributed by atoms with Crippen LogP contribution in [0.3, 0.4) is 0 Å². The number of hydrogen-bond acceptors (Lipinski definition) is 8. The van der Waals surface area contributed by atoms with Crippen LogP contribution in [-0.2, 0) is 0 Å². The first-order valence-corrected chi connectivity index (χ1v) is 7.71. The van der Waals surface area contributed by atoms with E-state index in [1.165, 1.54) is 30.6 Å². The molecule has 24 heavy (non-hydrogen) atoms. The van der Waals surface area contributed by atoms with Crippen LogP contribution in [0.15, 0.2) is 40.8 Å². The number of thiazole rings is 1. The average molecular weight is 342 g/mol. The molecule has 4 rings (SSSR count). The van der Waals surface area contributed by atoms with Gasteiger partial charge in [0.2, 0.25) is 0 Å². The number of benzene rings is 2. The number of nitro groups is 1. The van der Waals surface area contributed by atoms with Gasteiger partial charge in [0.25, 0.3) is 5.69 Å². The molecule has 0 unspecified atom stereocenters. The molecule has 2 heterocycles. The summed E-state index contributed by atoms with van der Waals surface area (Å²) in [5.74, 6) is 0.348. The molecule has 0 bridgehead atoms. The Morgan fingerprint density at radius 1 is 1.29 bits per heavy atom. The molecule has 0 aliphatic rings. The second kappa shape index (κ2) is 5.46. The maximum Gasteiger partial charge on any atom is 0.302 e. The van der Waals surface area contributed by atoms with E-state index in [1.807, 2.05) is 24.3 Å². The van der Waals surface area contributed by atoms with Gasteiger partial charge in [0, 0.05) is 6.07 Å². The van der Waals surface area contributed by atoms with E-state index in [0.29, 0.717) is 32.7 Å². The molecule has 8 nitrogen and oxygen atoms in total. The van der Waals surface area contributed by atoms with Crippen LogP contribution in [0.1, 0.15) is 0 Å². The lowest BCUT2D eigenvalue weighted by Crippen LogP contribution is -1.91. The first kappa shape index (κ1) is 14.4. The van der Waals surface area contributed by atoms with Crippen LogP contribution in [-0.4, -0.2) is 22.0 Å². The summed E-state index contributed by atoms with van der Waals surface area (Å²) in [5.41, 5.74) is 1.90. The Morgan fingerprint density at radius 2 is 2.12 bits per heavy atom. The number of fused-ring (bicyclic) bond motifs is 2. The lowest BCUT2D eigenvalue weighted by atomic mass is 10.3. The summed E-state index contributed by atoms with van der Waals surface area (Å²) in [4.78, 5) is 19.3. The first-order chi connectivity index (χ1) is 11.6. The SMILES string of the molecule is COc1cc([N+](=O)[O-])cc2sc(Nc3nc4ccccc4o3)nc12. The number of oxazole rings is 1. The van der Waals surface area contributed by atoms with Crippen LogP contribution in [0, 0.1) is 10.1 Å². The number of nitrogens with zero attached hydrogens (tertiary/aromatic N) is 3. The second-order valence-electron chi connectivity index (χ2n) is 4.88. The first-order valence-electron chi connectivity index (χ1n) is 6.89. The predicted molar refractivity (Wildman–Crippen MR) is 90.1 cm³/mol. The molecule has 0 radical (unpaired) electrons. The maximum absolute atomic E-state index is 11.0. The molecule has 4 aromatic rings. The number of nitrogens with one attached hydrogen (secondary N) is 1. The Hall–Kier alpha value is -3.20. The number of hydrogen-bond donors (Lipinski definition) is 1. The van der Waals surface area contributed by atoms with E-state index in [9.17, 15) is 10.1 Å². The number of methoxy groups -OCH3 is 1. The van der Waals surface area contributed by atoms with E-state index in [4.69, 9.17) is 9.15 Å². The highest BCUT2D eigenvalue weighted by Gasteiger charge is 2.17. The van der Waals surface area contributed by atoms with Crippen molar-refractivity contribution >= 4 is 49.5 Å². The summed E-state index contributed by atoms with van der Waals surface area (Å²) >= 11 is 1.26. The summed E-state index contributed by atoms with van der Waals surface area (Å²) in [5, 5.41) is 14.5. The highest BCUT2D eigenvalue weighted by Crippen LogP contribution is 2.37. The van der Waals surface area contributed by atoms with Gasteiger partial charge in [-0.15, -0.1) is 0 Å². The van der Waals surface area contributed by atoms with E-state index >= 15 is 0 Å². The summed E-state index contributed by atoms with van der Waals surface area (Å²) in [7, 11) is 1.45. The number of rotatable bonds is 4. The maximum atomic E-state index is 11.0. The van der Waals surface area contributed by atoms with E-state index in [-0.39, 0.29) is 5.69 Å². The molecule has 0 atom stereocenters. The quantitative estimate of drug-likeness (QED) is 0.440. The number of nitro benzene ring substituents is 1. The van der Waals surface area contributed by atoms with Crippen LogP contribution in [0.25, 0.3) is 21.3 Å². The van der Waals surface area contributed by atoms with Gasteiger partial charge < -0.3 is 9.15 Å². The van der Waals surface area contributed by atoms with Gasteiger partial charge in [-0.2, -0.15) is 4.98 Å². The van der Waals surface area contributed by atoms with Gasteiger partial charge in [-0.1, -0.05) is 23.5 Å². The Balaban J connectivity index is 1.75. The van der Waals surface area contributed by atoms with E-state index in [1.54, 1.807) is 0 Å². The fourth-order valence-corrected chi connectivity index (χ4v) is 3.22. The van der Waals surface area contributed by atoms with Crippen LogP contribution >= 0.6 is 11.3 Å². The minimum absolute atomic E-state index is 0.0450. The van der Waals surface area contributed by atoms with Gasteiger partial charge in [-0.3, -0.25) is 15.4 Å². The zero-order chi connectivity index (χ0) is 16.7. The molecule has 1 N–H and O–H groups in total. The van der Waals surface area contributed by atoms with Crippen molar-refractivity contribution in [2.45, 2.75) is 0 Å². The van der Waals surface area contributed by atoms with E-state index in [2.05, 4.69) is 15.3 Å². The third kappa shape index (κ3) is 2.40. The third-order valence-corrected chi connectivity index (χ3v) is 4.30. The number of non-ortho nitro benzene ring substituents is 1. The van der Waals surface area contributed by atoms with Gasteiger partial charge in [0.05, 0.1) is 22.8 Å². The Labute approximate surface area is 138 Å². The molecule has 0 spiro atoms. The van der Waals surface area contributed by atoms with Crippen molar-refractivity contribution in [1.82, 2.24) is 9.97 Å². The van der Waals surface area contributed by atoms with Crippen molar-refractivity contribution in [3.05, 3.63) is 46.5 Å². The molecule has 120 valence electrons. The van der Waals surface area contributed by atoms with Crippen molar-refractivity contribution in [3.63, 3.8) is 0 Å². The fraction of sp³-hybridized carbons (Fsp3) is 0.0667. The molecule has 0 saturated carbocycles. The fourth-order valence-electron chi connectivity index (χ4n) is 2.32. The molecule has 0 amide bonds. The highest BCUT2D eigenvalue weighted by atomic mass is 32.1. The van der Waals surface area contributed by atoms with Gasteiger partial charge >= 0.3 is 6.01 Å². The molecular formula is C15H10N4O4S. The predicted octanol–water partition coefficient (Wildman–Crippen LogP) is 4.10. The molecule has 0 fully saturated rings.